The number of nitrogens with zero attached hydrogens (tertiary/aromatic N) is 6. The second-order valence-corrected chi connectivity index (χ2v) is 16.3. The van der Waals surface area contributed by atoms with Crippen LogP contribution in [0.3, 0.4) is 0 Å². The van der Waals surface area contributed by atoms with E-state index in [0.717, 1.165) is 12.8 Å². The van der Waals surface area contributed by atoms with Crippen molar-refractivity contribution in [2.24, 2.45) is 0 Å². The maximum absolute atomic E-state index is 15.0. The third kappa shape index (κ3) is 9.81. The molecule has 3 aliphatic rings. The third-order valence-corrected chi connectivity index (χ3v) is 12.1. The Bertz CT molecular complexity index is 2490. The van der Waals surface area contributed by atoms with Crippen LogP contribution in [0.2, 0.25) is 0 Å². The minimum Gasteiger partial charge on any atom is -0.397 e. The van der Waals surface area contributed by atoms with Crippen molar-refractivity contribution in [3.63, 3.8) is 0 Å². The summed E-state index contributed by atoms with van der Waals surface area (Å²) in [6.07, 6.45) is 2.04. The summed E-state index contributed by atoms with van der Waals surface area (Å²) in [6.45, 7) is 3.99. The Labute approximate surface area is 356 Å². The number of rotatable bonds is 11. The minimum absolute atomic E-state index is 0.00780. The molecule has 3 fully saturated rings. The number of H-pyrrole nitrogens is 1. The highest BCUT2D eigenvalue weighted by molar-refractivity contribution is 5.98. The molecule has 2 aromatic heterocycles. The molecule has 5 aromatic rings. The van der Waals surface area contributed by atoms with E-state index in [-0.39, 0.29) is 59.5 Å². The van der Waals surface area contributed by atoms with E-state index in [4.69, 9.17) is 10.5 Å². The molecular weight excluding hydrogens is 802 g/mol. The first-order valence-corrected chi connectivity index (χ1v) is 21.1. The number of nitrogen functional groups attached to an aromatic ring is 1. The lowest BCUT2D eigenvalue weighted by atomic mass is 10.0. The number of carbonyl (C=O) groups is 3. The van der Waals surface area contributed by atoms with Crippen molar-refractivity contribution in [3.05, 3.63) is 123 Å². The molecule has 0 bridgehead atoms. The fraction of sp³-hybridized carbons (Fsp3) is 0.391. The first-order valence-electron chi connectivity index (χ1n) is 21.1. The summed E-state index contributed by atoms with van der Waals surface area (Å²) < 4.78 is 47.3. The number of benzene rings is 3. The molecule has 16 heteroatoms. The standard InChI is InChI=1S/C46H49F3N8O5/c47-38-9-8-30(24-40-35-6-1-2-7-36(35)44(59)53-52-40)23-37(38)45(60)57-20-18-55(19-21-57)42(58)28-54-14-10-33(11-15-54)62-34-12-16-56(17-13-34)46(61)43-39(50)26-32(27-51-43)31-5-3-4-29(22-31)25-41(48)49/h1-9,22-23,26-27,33-34,41H,10-21,24-25,28,50H2,(H,53,59). The lowest BCUT2D eigenvalue weighted by Gasteiger charge is -2.38. The first kappa shape index (κ1) is 42.6. The average molecular weight is 851 g/mol. The number of hydrogen-bond acceptors (Lipinski definition) is 9. The number of fused-ring (bicyclic) bond motifs is 1. The van der Waals surface area contributed by atoms with Crippen LogP contribution < -0.4 is 11.3 Å². The van der Waals surface area contributed by atoms with Crippen LogP contribution in [0.4, 0.5) is 18.9 Å². The van der Waals surface area contributed by atoms with Gasteiger partial charge in [-0.05, 0) is 66.6 Å². The number of piperazine rings is 1. The van der Waals surface area contributed by atoms with Gasteiger partial charge in [-0.3, -0.25) is 24.1 Å². The molecular formula is C46H49F3N8O5. The number of nitrogens with two attached hydrogens (primary N) is 1. The van der Waals surface area contributed by atoms with Gasteiger partial charge in [-0.2, -0.15) is 5.10 Å². The lowest BCUT2D eigenvalue weighted by molar-refractivity contribution is -0.135. The van der Waals surface area contributed by atoms with E-state index in [1.165, 1.54) is 12.1 Å². The smallest absolute Gasteiger partial charge is 0.274 e. The number of carbonyl (C=O) groups excluding carboxylic acids is 3. The predicted octanol–water partition coefficient (Wildman–Crippen LogP) is 5.18. The number of halogens is 3. The Morgan fingerprint density at radius 2 is 1.44 bits per heavy atom. The van der Waals surface area contributed by atoms with Gasteiger partial charge in [-0.25, -0.2) is 23.3 Å². The summed E-state index contributed by atoms with van der Waals surface area (Å²) in [5.41, 5.74) is 9.50. The van der Waals surface area contributed by atoms with Gasteiger partial charge in [0.2, 0.25) is 12.3 Å². The monoisotopic (exact) mass is 850 g/mol. The molecule has 324 valence electrons. The van der Waals surface area contributed by atoms with Gasteiger partial charge in [-0.15, -0.1) is 0 Å². The van der Waals surface area contributed by atoms with Crippen molar-refractivity contribution < 1.29 is 32.3 Å². The molecule has 5 heterocycles. The maximum atomic E-state index is 15.0. The van der Waals surface area contributed by atoms with Gasteiger partial charge in [0.05, 0.1) is 41.1 Å². The highest BCUT2D eigenvalue weighted by Crippen LogP contribution is 2.27. The highest BCUT2D eigenvalue weighted by atomic mass is 19.3. The van der Waals surface area contributed by atoms with Crippen LogP contribution in [0.15, 0.2) is 83.8 Å². The normalized spacial score (nSPS) is 16.9. The number of nitrogens with one attached hydrogen (secondary N) is 1. The van der Waals surface area contributed by atoms with Crippen molar-refractivity contribution >= 4 is 34.2 Å². The van der Waals surface area contributed by atoms with Crippen molar-refractivity contribution in [1.82, 2.24) is 34.8 Å². The number of amides is 3. The molecule has 3 saturated heterocycles. The van der Waals surface area contributed by atoms with Crippen LogP contribution >= 0.6 is 0 Å². The van der Waals surface area contributed by atoms with Crippen molar-refractivity contribution in [2.75, 3.05) is 64.6 Å². The van der Waals surface area contributed by atoms with Gasteiger partial charge in [0, 0.05) is 82.3 Å². The van der Waals surface area contributed by atoms with E-state index < -0.39 is 18.1 Å². The molecule has 0 spiro atoms. The molecule has 0 unspecified atom stereocenters. The quantitative estimate of drug-likeness (QED) is 0.183. The number of likely N-dealkylation sites (tertiary alicyclic amines) is 2. The summed E-state index contributed by atoms with van der Waals surface area (Å²) in [4.78, 5) is 64.0. The fourth-order valence-corrected chi connectivity index (χ4v) is 8.66. The van der Waals surface area contributed by atoms with Crippen LogP contribution in [0.25, 0.3) is 21.9 Å². The second kappa shape index (κ2) is 18.9. The zero-order valence-corrected chi connectivity index (χ0v) is 34.3. The predicted molar refractivity (Wildman–Crippen MR) is 227 cm³/mol. The number of alkyl halides is 2. The summed E-state index contributed by atoms with van der Waals surface area (Å²) >= 11 is 0. The zero-order valence-electron chi connectivity index (χ0n) is 34.3. The molecule has 0 radical (unpaired) electrons. The number of anilines is 1. The molecule has 62 heavy (non-hydrogen) atoms. The van der Waals surface area contributed by atoms with Crippen LogP contribution in [-0.2, 0) is 22.4 Å². The number of ether oxygens (including phenoxy) is 1. The van der Waals surface area contributed by atoms with E-state index >= 15 is 4.39 Å². The van der Waals surface area contributed by atoms with Gasteiger partial charge < -0.3 is 25.2 Å². The Morgan fingerprint density at radius 3 is 2.15 bits per heavy atom. The summed E-state index contributed by atoms with van der Waals surface area (Å²) in [5, 5.41) is 7.93. The second-order valence-electron chi connectivity index (χ2n) is 16.3. The van der Waals surface area contributed by atoms with Gasteiger partial charge in [0.1, 0.15) is 5.82 Å². The van der Waals surface area contributed by atoms with E-state index in [2.05, 4.69) is 20.1 Å². The zero-order chi connectivity index (χ0) is 43.3. The number of aromatic nitrogens is 3. The maximum Gasteiger partial charge on any atom is 0.274 e. The van der Waals surface area contributed by atoms with Crippen molar-refractivity contribution in [3.8, 4) is 11.1 Å². The lowest BCUT2D eigenvalue weighted by Crippen LogP contribution is -2.53. The number of aromatic amines is 1. The van der Waals surface area contributed by atoms with E-state index in [1.807, 2.05) is 12.1 Å². The number of hydrogen-bond donors (Lipinski definition) is 2. The van der Waals surface area contributed by atoms with E-state index in [9.17, 15) is 28.0 Å². The molecule has 3 aliphatic heterocycles. The summed E-state index contributed by atoms with van der Waals surface area (Å²) in [6, 6.07) is 20.0. The molecule has 0 aliphatic carbocycles. The largest absolute Gasteiger partial charge is 0.397 e. The average Bonchev–Trinajstić information content (AvgIpc) is 3.28. The van der Waals surface area contributed by atoms with Gasteiger partial charge in [0.15, 0.2) is 5.69 Å². The van der Waals surface area contributed by atoms with Crippen LogP contribution in [-0.4, -0.2) is 130 Å². The minimum atomic E-state index is -2.45. The summed E-state index contributed by atoms with van der Waals surface area (Å²) in [7, 11) is 0. The number of pyridine rings is 1. The third-order valence-electron chi connectivity index (χ3n) is 12.1. The van der Waals surface area contributed by atoms with E-state index in [0.29, 0.717) is 110 Å². The SMILES string of the molecule is Nc1cc(-c2cccc(CC(F)F)c2)cnc1C(=O)N1CCC(OC2CCN(CC(=O)N3CCN(C(=O)c4cc(Cc5n[nH]c(=O)c6ccccc56)ccc4F)CC3)CC2)CC1. The van der Waals surface area contributed by atoms with Crippen molar-refractivity contribution in [1.29, 1.82) is 0 Å². The molecule has 3 N–H and O–H groups in total. The molecule has 3 amide bonds. The highest BCUT2D eigenvalue weighted by Gasteiger charge is 2.31. The molecule has 13 nitrogen and oxygen atoms in total. The molecule has 0 atom stereocenters. The Balaban J connectivity index is 0.755. The molecule has 3 aromatic carbocycles. The topological polar surface area (TPSA) is 158 Å². The summed E-state index contributed by atoms with van der Waals surface area (Å²) in [5.74, 6) is -1.32. The van der Waals surface area contributed by atoms with Crippen molar-refractivity contribution in [2.45, 2.75) is 57.2 Å². The fourth-order valence-electron chi connectivity index (χ4n) is 8.66. The van der Waals surface area contributed by atoms with E-state index in [1.54, 1.807) is 69.4 Å². The number of piperidine rings is 2. The Kier molecular flexibility index (Phi) is 12.9. The first-order chi connectivity index (χ1) is 30.0. The molecule has 0 saturated carbocycles. The Hall–Kier alpha value is -6.13. The van der Waals surface area contributed by atoms with Gasteiger partial charge >= 0.3 is 0 Å². The van der Waals surface area contributed by atoms with Gasteiger partial charge in [-0.1, -0.05) is 48.5 Å². The van der Waals surface area contributed by atoms with Crippen LogP contribution in [0, 0.1) is 5.82 Å². The molecule has 8 rings (SSSR count). The van der Waals surface area contributed by atoms with Gasteiger partial charge in [0.25, 0.3) is 17.4 Å². The van der Waals surface area contributed by atoms with Crippen LogP contribution in [0.1, 0.15) is 63.4 Å². The van der Waals surface area contributed by atoms with Crippen LogP contribution in [0.5, 0.6) is 0 Å². The Morgan fingerprint density at radius 1 is 0.758 bits per heavy atom.